The Morgan fingerprint density at radius 3 is 2.85 bits per heavy atom. The Balaban J connectivity index is 1.64. The van der Waals surface area contributed by atoms with Crippen molar-refractivity contribution in [1.29, 1.82) is 0 Å². The summed E-state index contributed by atoms with van der Waals surface area (Å²) in [6, 6.07) is 7.59. The Hall–Kier alpha value is -2.67. The molecular weight excluding hydrogens is 334 g/mol. The number of benzene rings is 1. The molecule has 1 aromatic carbocycles. The summed E-state index contributed by atoms with van der Waals surface area (Å²) in [4.78, 5) is 11.2. The van der Waals surface area contributed by atoms with Crippen LogP contribution in [0.1, 0.15) is 38.6 Å². The van der Waals surface area contributed by atoms with E-state index in [4.69, 9.17) is 9.15 Å². The van der Waals surface area contributed by atoms with Crippen LogP contribution in [0, 0.1) is 10.1 Å². The molecule has 1 aliphatic rings. The van der Waals surface area contributed by atoms with Gasteiger partial charge in [-0.1, -0.05) is 12.1 Å². The molecule has 7 heteroatoms. The molecule has 26 heavy (non-hydrogen) atoms. The van der Waals surface area contributed by atoms with Gasteiger partial charge in [-0.2, -0.15) is 5.10 Å². The van der Waals surface area contributed by atoms with Gasteiger partial charge >= 0.3 is 5.69 Å². The smallest absolute Gasteiger partial charge is 0.314 e. The molecule has 7 nitrogen and oxygen atoms in total. The van der Waals surface area contributed by atoms with Gasteiger partial charge in [0.25, 0.3) is 0 Å². The maximum Gasteiger partial charge on any atom is 0.314 e. The molecule has 136 valence electrons. The van der Waals surface area contributed by atoms with Gasteiger partial charge in [0.1, 0.15) is 11.8 Å². The van der Waals surface area contributed by atoms with E-state index >= 15 is 0 Å². The van der Waals surface area contributed by atoms with E-state index in [-0.39, 0.29) is 16.7 Å². The minimum Gasteiger partial charge on any atom is -0.464 e. The molecule has 1 aliphatic carbocycles. The number of hydrogen-bond acceptors (Lipinski definition) is 5. The summed E-state index contributed by atoms with van der Waals surface area (Å²) in [6.45, 7) is 2.73. The van der Waals surface area contributed by atoms with Crippen LogP contribution < -0.4 is 0 Å². The predicted molar refractivity (Wildman–Crippen MR) is 97.0 cm³/mol. The Labute approximate surface area is 150 Å². The fourth-order valence-corrected chi connectivity index (χ4v) is 3.72. The van der Waals surface area contributed by atoms with E-state index in [1.807, 2.05) is 25.1 Å². The van der Waals surface area contributed by atoms with Crippen molar-refractivity contribution in [3.05, 3.63) is 46.8 Å². The lowest BCUT2D eigenvalue weighted by molar-refractivity contribution is -0.384. The van der Waals surface area contributed by atoms with Gasteiger partial charge in [-0.05, 0) is 44.7 Å². The van der Waals surface area contributed by atoms with E-state index in [1.54, 1.807) is 23.2 Å². The van der Waals surface area contributed by atoms with Crippen LogP contribution in [-0.4, -0.2) is 27.4 Å². The molecule has 3 aromatic rings. The minimum absolute atomic E-state index is 0.0304. The van der Waals surface area contributed by atoms with Gasteiger partial charge in [-0.25, -0.2) is 0 Å². The molecule has 0 amide bonds. The SMILES string of the molecule is CCOC1CCC(n2cc([N+](=O)[O-])c(-c3ccc4ccoc4c3)n2)CC1. The Kier molecular flexibility index (Phi) is 4.46. The zero-order valence-corrected chi connectivity index (χ0v) is 14.6. The maximum atomic E-state index is 11.6. The predicted octanol–water partition coefficient (Wildman–Crippen LogP) is 4.72. The van der Waals surface area contributed by atoms with E-state index in [0.29, 0.717) is 22.9 Å². The normalized spacial score (nSPS) is 20.5. The fraction of sp³-hybridized carbons (Fsp3) is 0.421. The van der Waals surface area contributed by atoms with Crippen molar-refractivity contribution in [2.45, 2.75) is 44.8 Å². The highest BCUT2D eigenvalue weighted by Gasteiger charge is 2.28. The number of furan rings is 1. The summed E-state index contributed by atoms with van der Waals surface area (Å²) < 4.78 is 12.9. The minimum atomic E-state index is -0.364. The van der Waals surface area contributed by atoms with Gasteiger partial charge in [0.2, 0.25) is 0 Å². The molecule has 0 saturated heterocycles. The zero-order chi connectivity index (χ0) is 18.1. The second-order valence-electron chi connectivity index (χ2n) is 6.66. The first-order valence-electron chi connectivity index (χ1n) is 8.98. The van der Waals surface area contributed by atoms with Gasteiger partial charge in [0.15, 0.2) is 5.69 Å². The van der Waals surface area contributed by atoms with Gasteiger partial charge in [-0.15, -0.1) is 0 Å². The lowest BCUT2D eigenvalue weighted by atomic mass is 9.93. The second-order valence-corrected chi connectivity index (χ2v) is 6.66. The summed E-state index contributed by atoms with van der Waals surface area (Å²) in [5.41, 5.74) is 1.81. The number of fused-ring (bicyclic) bond motifs is 1. The van der Waals surface area contributed by atoms with Crippen LogP contribution in [0.2, 0.25) is 0 Å². The Bertz CT molecular complexity index is 922. The monoisotopic (exact) mass is 355 g/mol. The van der Waals surface area contributed by atoms with E-state index in [0.717, 1.165) is 37.7 Å². The Morgan fingerprint density at radius 2 is 2.12 bits per heavy atom. The summed E-state index contributed by atoms with van der Waals surface area (Å²) in [7, 11) is 0. The van der Waals surface area contributed by atoms with Crippen LogP contribution in [0.4, 0.5) is 5.69 Å². The molecular formula is C19H21N3O4. The van der Waals surface area contributed by atoms with Crippen LogP contribution in [0.25, 0.3) is 22.2 Å². The highest BCUT2D eigenvalue weighted by Crippen LogP contribution is 2.35. The van der Waals surface area contributed by atoms with Gasteiger partial charge in [-0.3, -0.25) is 14.8 Å². The molecule has 0 N–H and O–H groups in total. The first-order chi connectivity index (χ1) is 12.7. The van der Waals surface area contributed by atoms with Crippen LogP contribution in [0.5, 0.6) is 0 Å². The number of rotatable bonds is 5. The van der Waals surface area contributed by atoms with Crippen LogP contribution in [0.3, 0.4) is 0 Å². The van der Waals surface area contributed by atoms with Crippen molar-refractivity contribution in [2.75, 3.05) is 6.61 Å². The largest absolute Gasteiger partial charge is 0.464 e. The number of nitrogens with zero attached hydrogens (tertiary/aromatic N) is 3. The van der Waals surface area contributed by atoms with Crippen molar-refractivity contribution < 1.29 is 14.1 Å². The van der Waals surface area contributed by atoms with Gasteiger partial charge in [0, 0.05) is 17.6 Å². The van der Waals surface area contributed by atoms with Crippen LogP contribution in [-0.2, 0) is 4.74 Å². The molecule has 0 atom stereocenters. The highest BCUT2D eigenvalue weighted by atomic mass is 16.6. The lowest BCUT2D eigenvalue weighted by Crippen LogP contribution is -2.24. The van der Waals surface area contributed by atoms with E-state index < -0.39 is 0 Å². The molecule has 4 rings (SSSR count). The van der Waals surface area contributed by atoms with Crippen molar-refractivity contribution >= 4 is 16.7 Å². The molecule has 0 bridgehead atoms. The molecule has 0 aliphatic heterocycles. The summed E-state index contributed by atoms with van der Waals surface area (Å²) in [5, 5.41) is 17.1. The lowest BCUT2D eigenvalue weighted by Gasteiger charge is -2.28. The third kappa shape index (κ3) is 3.10. The summed E-state index contributed by atoms with van der Waals surface area (Å²) in [6.07, 6.45) is 7.22. The number of aromatic nitrogens is 2. The third-order valence-electron chi connectivity index (χ3n) is 5.06. The quantitative estimate of drug-likeness (QED) is 0.488. The number of nitro groups is 1. The topological polar surface area (TPSA) is 83.3 Å². The molecule has 2 heterocycles. The fourth-order valence-electron chi connectivity index (χ4n) is 3.72. The molecule has 0 radical (unpaired) electrons. The summed E-state index contributed by atoms with van der Waals surface area (Å²) in [5.74, 6) is 0. The molecule has 0 spiro atoms. The standard InChI is InChI=1S/C19H21N3O4/c1-2-25-16-7-5-15(6-8-16)21-12-17(22(23)24)19(20-21)14-4-3-13-9-10-26-18(13)11-14/h3-4,9-12,15-16H,2,5-8H2,1H3. The average Bonchev–Trinajstić information content (AvgIpc) is 3.29. The Morgan fingerprint density at radius 1 is 1.31 bits per heavy atom. The average molecular weight is 355 g/mol. The molecule has 1 fully saturated rings. The van der Waals surface area contributed by atoms with Crippen molar-refractivity contribution in [1.82, 2.24) is 9.78 Å². The maximum absolute atomic E-state index is 11.6. The zero-order valence-electron chi connectivity index (χ0n) is 14.6. The summed E-state index contributed by atoms with van der Waals surface area (Å²) >= 11 is 0. The van der Waals surface area contributed by atoms with Crippen molar-refractivity contribution in [3.63, 3.8) is 0 Å². The number of ether oxygens (including phenoxy) is 1. The molecule has 1 saturated carbocycles. The first kappa shape index (κ1) is 16.8. The number of hydrogen-bond donors (Lipinski definition) is 0. The molecule has 0 unspecified atom stereocenters. The van der Waals surface area contributed by atoms with E-state index in [2.05, 4.69) is 5.10 Å². The van der Waals surface area contributed by atoms with E-state index in [1.165, 1.54) is 0 Å². The van der Waals surface area contributed by atoms with Crippen LogP contribution in [0.15, 0.2) is 41.1 Å². The van der Waals surface area contributed by atoms with Crippen molar-refractivity contribution in [2.24, 2.45) is 0 Å². The second kappa shape index (κ2) is 6.92. The molecule has 2 aromatic heterocycles. The highest BCUT2D eigenvalue weighted by molar-refractivity contribution is 5.84. The van der Waals surface area contributed by atoms with Gasteiger partial charge < -0.3 is 9.15 Å². The third-order valence-corrected chi connectivity index (χ3v) is 5.06. The first-order valence-corrected chi connectivity index (χ1v) is 8.98. The van der Waals surface area contributed by atoms with Gasteiger partial charge in [0.05, 0.1) is 23.3 Å². The van der Waals surface area contributed by atoms with E-state index in [9.17, 15) is 10.1 Å². The van der Waals surface area contributed by atoms with Crippen LogP contribution >= 0.6 is 0 Å². The van der Waals surface area contributed by atoms with Crippen molar-refractivity contribution in [3.8, 4) is 11.3 Å².